The van der Waals surface area contributed by atoms with Crippen molar-refractivity contribution in [2.75, 3.05) is 0 Å². The summed E-state index contributed by atoms with van der Waals surface area (Å²) in [6.45, 7) is 3.68. The summed E-state index contributed by atoms with van der Waals surface area (Å²) in [4.78, 5) is 25.8. The van der Waals surface area contributed by atoms with Gasteiger partial charge < -0.3 is 5.11 Å². The quantitative estimate of drug-likeness (QED) is 0.567. The maximum atomic E-state index is 12.7. The average Bonchev–Trinajstić information content (AvgIpc) is 2.83. The van der Waals surface area contributed by atoms with Crippen LogP contribution in [0.5, 0.6) is 0 Å². The molecule has 0 saturated carbocycles. The molecule has 1 aliphatic rings. The lowest BCUT2D eigenvalue weighted by Gasteiger charge is -2.27. The Bertz CT molecular complexity index is 746. The van der Waals surface area contributed by atoms with Crippen LogP contribution in [0.4, 0.5) is 0 Å². The fourth-order valence-electron chi connectivity index (χ4n) is 2.43. The topological polar surface area (TPSA) is 57.6 Å². The number of aliphatic carboxylic acids is 1. The minimum atomic E-state index is -1.06. The predicted octanol–water partition coefficient (Wildman–Crippen LogP) is 4.51. The number of amides is 1. The van der Waals surface area contributed by atoms with E-state index in [1.807, 2.05) is 37.3 Å². The van der Waals surface area contributed by atoms with Crippen molar-refractivity contribution in [3.05, 3.63) is 51.9 Å². The van der Waals surface area contributed by atoms with Crippen LogP contribution in [0.1, 0.15) is 25.8 Å². The van der Waals surface area contributed by atoms with E-state index in [1.54, 1.807) is 13.0 Å². The van der Waals surface area contributed by atoms with E-state index in [0.717, 1.165) is 17.3 Å². The van der Waals surface area contributed by atoms with Crippen LogP contribution in [0.25, 0.3) is 6.08 Å². The lowest BCUT2D eigenvalue weighted by atomic mass is 9.98. The normalized spacial score (nSPS) is 19.4. The van der Waals surface area contributed by atoms with Crippen molar-refractivity contribution in [2.24, 2.45) is 5.92 Å². The third kappa shape index (κ3) is 4.71. The Labute approximate surface area is 161 Å². The highest BCUT2D eigenvalue weighted by Crippen LogP contribution is 2.36. The molecule has 7 heteroatoms. The van der Waals surface area contributed by atoms with E-state index in [0.29, 0.717) is 16.4 Å². The molecule has 2 rings (SSSR count). The van der Waals surface area contributed by atoms with Gasteiger partial charge in [0.15, 0.2) is 0 Å². The number of hydrogen-bond donors (Lipinski definition) is 1. The molecule has 0 aliphatic carbocycles. The first-order valence-electron chi connectivity index (χ1n) is 7.77. The lowest BCUT2D eigenvalue weighted by Crippen LogP contribution is -2.47. The van der Waals surface area contributed by atoms with Crippen molar-refractivity contribution in [1.82, 2.24) is 4.90 Å². The summed E-state index contributed by atoms with van der Waals surface area (Å²) in [6.07, 6.45) is 3.89. The van der Waals surface area contributed by atoms with Crippen molar-refractivity contribution in [3.8, 4) is 0 Å². The molecule has 0 radical (unpaired) electrons. The molecule has 1 fully saturated rings. The van der Waals surface area contributed by atoms with Gasteiger partial charge in [0.25, 0.3) is 5.91 Å². The van der Waals surface area contributed by atoms with Crippen molar-refractivity contribution in [3.63, 3.8) is 0 Å². The Hall–Kier alpha value is -1.63. The number of halogens is 1. The number of thioether (sulfide) groups is 1. The number of hydrogen-bond acceptors (Lipinski definition) is 4. The van der Waals surface area contributed by atoms with Crippen molar-refractivity contribution in [1.29, 1.82) is 0 Å². The smallest absolute Gasteiger partial charge is 0.327 e. The van der Waals surface area contributed by atoms with Crippen molar-refractivity contribution in [2.45, 2.75) is 26.3 Å². The molecule has 0 bridgehead atoms. The van der Waals surface area contributed by atoms with Gasteiger partial charge in [0.05, 0.1) is 4.91 Å². The number of carboxylic acid groups (broad SMARTS) is 1. The molecule has 1 aromatic rings. The van der Waals surface area contributed by atoms with E-state index in [9.17, 15) is 14.7 Å². The molecule has 2 atom stereocenters. The Morgan fingerprint density at radius 3 is 2.60 bits per heavy atom. The van der Waals surface area contributed by atoms with E-state index in [2.05, 4.69) is 0 Å². The molecular weight excluding hydrogens is 378 g/mol. The van der Waals surface area contributed by atoms with Crippen molar-refractivity contribution < 1.29 is 14.7 Å². The molecular formula is C18H18ClNO3S2. The molecule has 1 N–H and O–H groups in total. The van der Waals surface area contributed by atoms with E-state index in [1.165, 1.54) is 11.0 Å². The number of thiocarbonyl (C=S) groups is 1. The summed E-state index contributed by atoms with van der Waals surface area (Å²) >= 11 is 12.5. The summed E-state index contributed by atoms with van der Waals surface area (Å²) in [5.74, 6) is -1.69. The SMILES string of the molecule is CC[C@H](C)[C@@H](C(=O)O)N1C(=O)/C(=C/C(Cl)=C/c2ccccc2)SC1=S. The fraction of sp³-hybridized carbons (Fsp3) is 0.278. The Morgan fingerprint density at radius 2 is 2.04 bits per heavy atom. The number of carbonyl (C=O) groups is 2. The monoisotopic (exact) mass is 395 g/mol. The van der Waals surface area contributed by atoms with Crippen LogP contribution in [-0.2, 0) is 9.59 Å². The first-order valence-corrected chi connectivity index (χ1v) is 9.37. The van der Waals surface area contributed by atoms with Crippen LogP contribution in [-0.4, -0.2) is 32.2 Å². The maximum Gasteiger partial charge on any atom is 0.327 e. The number of allylic oxidation sites excluding steroid dienone is 2. The van der Waals surface area contributed by atoms with Gasteiger partial charge in [-0.3, -0.25) is 9.69 Å². The van der Waals surface area contributed by atoms with Crippen LogP contribution in [0.2, 0.25) is 0 Å². The molecule has 0 spiro atoms. The maximum absolute atomic E-state index is 12.7. The van der Waals surface area contributed by atoms with Gasteiger partial charge in [-0.15, -0.1) is 0 Å². The van der Waals surface area contributed by atoms with Gasteiger partial charge in [-0.05, 0) is 23.6 Å². The second-order valence-corrected chi connectivity index (χ2v) is 7.77. The molecule has 4 nitrogen and oxygen atoms in total. The van der Waals surface area contributed by atoms with Gasteiger partial charge in [0.2, 0.25) is 0 Å². The molecule has 132 valence electrons. The summed E-state index contributed by atoms with van der Waals surface area (Å²) in [7, 11) is 0. The number of carboxylic acids is 1. The lowest BCUT2D eigenvalue weighted by molar-refractivity contribution is -0.147. The van der Waals surface area contributed by atoms with Gasteiger partial charge in [-0.1, -0.05) is 86.2 Å². The third-order valence-corrected chi connectivity index (χ3v) is 5.46. The fourth-order valence-corrected chi connectivity index (χ4v) is 4.05. The van der Waals surface area contributed by atoms with Crippen LogP contribution in [0.3, 0.4) is 0 Å². The van der Waals surface area contributed by atoms with Crippen LogP contribution >= 0.6 is 35.6 Å². The van der Waals surface area contributed by atoms with Gasteiger partial charge in [0, 0.05) is 5.03 Å². The van der Waals surface area contributed by atoms with Gasteiger partial charge >= 0.3 is 5.97 Å². The molecule has 0 aromatic heterocycles. The second kappa shape index (κ2) is 8.65. The summed E-state index contributed by atoms with van der Waals surface area (Å²) in [5, 5.41) is 9.89. The standard InChI is InChI=1S/C18H18ClNO3S2/c1-3-11(2)15(17(22)23)20-16(21)14(25-18(20)24)10-13(19)9-12-7-5-4-6-8-12/h4-11,15H,3H2,1-2H3,(H,22,23)/b13-9-,14-10-/t11-,15-/m0/s1. The van der Waals surface area contributed by atoms with E-state index in [-0.39, 0.29) is 10.2 Å². The number of nitrogens with zero attached hydrogens (tertiary/aromatic N) is 1. The van der Waals surface area contributed by atoms with Gasteiger partial charge in [-0.25, -0.2) is 4.79 Å². The largest absolute Gasteiger partial charge is 0.480 e. The predicted molar refractivity (Wildman–Crippen MR) is 106 cm³/mol. The highest BCUT2D eigenvalue weighted by atomic mass is 35.5. The van der Waals surface area contributed by atoms with Crippen LogP contribution < -0.4 is 0 Å². The minimum absolute atomic E-state index is 0.213. The van der Waals surface area contributed by atoms with E-state index < -0.39 is 17.9 Å². The Balaban J connectivity index is 2.28. The number of benzene rings is 1. The third-order valence-electron chi connectivity index (χ3n) is 3.91. The Kier molecular flexibility index (Phi) is 6.81. The minimum Gasteiger partial charge on any atom is -0.480 e. The molecule has 1 aromatic carbocycles. The van der Waals surface area contributed by atoms with Crippen LogP contribution in [0, 0.1) is 5.92 Å². The summed E-state index contributed by atoms with van der Waals surface area (Å²) in [5.41, 5.74) is 0.905. The first kappa shape index (κ1) is 19.7. The zero-order chi connectivity index (χ0) is 18.6. The number of carbonyl (C=O) groups excluding carboxylic acids is 1. The average molecular weight is 396 g/mol. The summed E-state index contributed by atoms with van der Waals surface area (Å²) in [6, 6.07) is 8.49. The zero-order valence-electron chi connectivity index (χ0n) is 13.8. The first-order chi connectivity index (χ1) is 11.8. The second-order valence-electron chi connectivity index (χ2n) is 5.66. The number of rotatable bonds is 6. The van der Waals surface area contributed by atoms with Crippen LogP contribution in [0.15, 0.2) is 46.3 Å². The summed E-state index contributed by atoms with van der Waals surface area (Å²) < 4.78 is 0.244. The molecule has 0 unspecified atom stereocenters. The van der Waals surface area contributed by atoms with Crippen molar-refractivity contribution >= 4 is 57.9 Å². The molecule has 1 amide bonds. The zero-order valence-corrected chi connectivity index (χ0v) is 16.2. The van der Waals surface area contributed by atoms with E-state index >= 15 is 0 Å². The molecule has 1 aliphatic heterocycles. The Morgan fingerprint density at radius 1 is 1.40 bits per heavy atom. The molecule has 1 saturated heterocycles. The molecule has 1 heterocycles. The highest BCUT2D eigenvalue weighted by Gasteiger charge is 2.42. The van der Waals surface area contributed by atoms with Gasteiger partial charge in [0.1, 0.15) is 10.4 Å². The van der Waals surface area contributed by atoms with E-state index in [4.69, 9.17) is 23.8 Å². The van der Waals surface area contributed by atoms with Gasteiger partial charge in [-0.2, -0.15) is 0 Å². The highest BCUT2D eigenvalue weighted by molar-refractivity contribution is 8.26. The molecule has 25 heavy (non-hydrogen) atoms.